The molecule has 1 radical (unpaired) electrons. The lowest BCUT2D eigenvalue weighted by Crippen LogP contribution is -2.24. The zero-order chi connectivity index (χ0) is 9.84. The normalized spacial score (nSPS) is 12.5. The van der Waals surface area contributed by atoms with Crippen molar-refractivity contribution in [2.24, 2.45) is 5.73 Å². The van der Waals surface area contributed by atoms with E-state index in [0.717, 1.165) is 10.0 Å². The first-order valence-corrected chi connectivity index (χ1v) is 4.87. The first-order valence-electron chi connectivity index (χ1n) is 3.70. The van der Waals surface area contributed by atoms with Crippen molar-refractivity contribution in [1.82, 2.24) is 0 Å². The molecule has 0 aliphatic heterocycles. The number of nitrogens with two attached hydrogens (primary N) is 1. The topological polar surface area (TPSA) is 43.1 Å². The third-order valence-electron chi connectivity index (χ3n) is 1.60. The molecule has 0 saturated carbocycles. The van der Waals surface area contributed by atoms with E-state index in [1.807, 2.05) is 12.1 Å². The molecule has 1 rings (SSSR count). The second-order valence-corrected chi connectivity index (χ2v) is 3.99. The Balaban J connectivity index is 2.86. The standard InChI is InChI=1S/C9H8BrClNO/c10-7-1-2-9(11)6(3-7)4-8(12)5-13/h1-3,8H,4,12H2/t8-/m1/s1. The van der Waals surface area contributed by atoms with Crippen LogP contribution in [0, 0.1) is 0 Å². The largest absolute Gasteiger partial charge is 0.321 e. The first-order chi connectivity index (χ1) is 6.13. The molecule has 0 amide bonds. The minimum Gasteiger partial charge on any atom is -0.321 e. The van der Waals surface area contributed by atoms with Crippen LogP contribution in [-0.2, 0) is 11.2 Å². The van der Waals surface area contributed by atoms with Crippen molar-refractivity contribution >= 4 is 33.8 Å². The number of hydrogen-bond donors (Lipinski definition) is 1. The molecule has 1 aromatic rings. The molecule has 0 aliphatic carbocycles. The lowest BCUT2D eigenvalue weighted by atomic mass is 10.1. The fourth-order valence-corrected chi connectivity index (χ4v) is 1.58. The van der Waals surface area contributed by atoms with Crippen LogP contribution in [0.25, 0.3) is 0 Å². The smallest absolute Gasteiger partial charge is 0.217 e. The van der Waals surface area contributed by atoms with Crippen LogP contribution in [0.2, 0.25) is 5.02 Å². The molecular formula is C9H8BrClNO. The van der Waals surface area contributed by atoms with Gasteiger partial charge in [0, 0.05) is 9.50 Å². The van der Waals surface area contributed by atoms with Crippen molar-refractivity contribution in [3.63, 3.8) is 0 Å². The Labute approximate surface area is 90.2 Å². The summed E-state index contributed by atoms with van der Waals surface area (Å²) in [6, 6.07) is 4.84. The number of halogens is 2. The van der Waals surface area contributed by atoms with E-state index in [-0.39, 0.29) is 0 Å². The lowest BCUT2D eigenvalue weighted by Gasteiger charge is -2.05. The van der Waals surface area contributed by atoms with E-state index >= 15 is 0 Å². The monoisotopic (exact) mass is 260 g/mol. The SMILES string of the molecule is N[C@@H]([C]=O)Cc1cc(Br)ccc1Cl. The van der Waals surface area contributed by atoms with Gasteiger partial charge in [0.15, 0.2) is 0 Å². The van der Waals surface area contributed by atoms with Gasteiger partial charge in [-0.1, -0.05) is 27.5 Å². The molecule has 0 spiro atoms. The fourth-order valence-electron chi connectivity index (χ4n) is 0.978. The van der Waals surface area contributed by atoms with Crippen LogP contribution in [0.5, 0.6) is 0 Å². The summed E-state index contributed by atoms with van der Waals surface area (Å²) in [5.74, 6) is 0. The Morgan fingerprint density at radius 2 is 2.31 bits per heavy atom. The van der Waals surface area contributed by atoms with Gasteiger partial charge in [0.05, 0.1) is 6.04 Å². The van der Waals surface area contributed by atoms with Crippen LogP contribution in [0.1, 0.15) is 5.56 Å². The van der Waals surface area contributed by atoms with E-state index in [1.165, 1.54) is 0 Å². The fraction of sp³-hybridized carbons (Fsp3) is 0.222. The molecule has 2 nitrogen and oxygen atoms in total. The second-order valence-electron chi connectivity index (χ2n) is 2.66. The van der Waals surface area contributed by atoms with Crippen LogP contribution >= 0.6 is 27.5 Å². The lowest BCUT2D eigenvalue weighted by molar-refractivity contribution is 0.541. The minimum absolute atomic E-state index is 0.418. The Morgan fingerprint density at radius 3 is 2.92 bits per heavy atom. The van der Waals surface area contributed by atoms with Gasteiger partial charge in [0.1, 0.15) is 0 Å². The average Bonchev–Trinajstić information content (AvgIpc) is 2.11. The molecular weight excluding hydrogens is 253 g/mol. The molecule has 69 valence electrons. The average molecular weight is 262 g/mol. The maximum atomic E-state index is 10.2. The summed E-state index contributed by atoms with van der Waals surface area (Å²) < 4.78 is 0.921. The number of rotatable bonds is 3. The van der Waals surface area contributed by atoms with Gasteiger partial charge in [-0.3, -0.25) is 4.79 Å². The molecule has 4 heteroatoms. The third kappa shape index (κ3) is 3.10. The summed E-state index contributed by atoms with van der Waals surface area (Å²) in [5.41, 5.74) is 6.28. The Kier molecular flexibility index (Phi) is 3.90. The van der Waals surface area contributed by atoms with Crippen LogP contribution in [0.3, 0.4) is 0 Å². The van der Waals surface area contributed by atoms with Crippen LogP contribution < -0.4 is 5.73 Å². The highest BCUT2D eigenvalue weighted by Crippen LogP contribution is 2.21. The third-order valence-corrected chi connectivity index (χ3v) is 2.46. The highest BCUT2D eigenvalue weighted by molar-refractivity contribution is 9.10. The highest BCUT2D eigenvalue weighted by Gasteiger charge is 2.07. The maximum absolute atomic E-state index is 10.2. The summed E-state index contributed by atoms with van der Waals surface area (Å²) in [6.45, 7) is 0. The van der Waals surface area contributed by atoms with Crippen LogP contribution in [0.4, 0.5) is 0 Å². The molecule has 13 heavy (non-hydrogen) atoms. The Bertz CT molecular complexity index is 316. The van der Waals surface area contributed by atoms with E-state index in [2.05, 4.69) is 15.9 Å². The van der Waals surface area contributed by atoms with Crippen molar-refractivity contribution in [3.8, 4) is 0 Å². The zero-order valence-corrected chi connectivity index (χ0v) is 9.10. The summed E-state index contributed by atoms with van der Waals surface area (Å²) in [4.78, 5) is 10.2. The van der Waals surface area contributed by atoms with Crippen molar-refractivity contribution < 1.29 is 4.79 Å². The predicted octanol–water partition coefficient (Wildman–Crippen LogP) is 2.08. The Hall–Kier alpha value is -0.380. The van der Waals surface area contributed by atoms with Gasteiger partial charge in [-0.05, 0) is 30.2 Å². The second kappa shape index (κ2) is 4.74. The molecule has 0 aliphatic rings. The predicted molar refractivity (Wildman–Crippen MR) is 56.5 cm³/mol. The summed E-state index contributed by atoms with van der Waals surface area (Å²) in [7, 11) is 0. The van der Waals surface area contributed by atoms with Gasteiger partial charge in [0.2, 0.25) is 6.29 Å². The molecule has 1 atom stereocenters. The summed E-state index contributed by atoms with van der Waals surface area (Å²) in [5, 5.41) is 0.619. The van der Waals surface area contributed by atoms with Gasteiger partial charge >= 0.3 is 0 Å². The van der Waals surface area contributed by atoms with E-state index < -0.39 is 6.04 Å². The number of carbonyl (C=O) groups excluding carboxylic acids is 1. The molecule has 0 heterocycles. The molecule has 0 bridgehead atoms. The zero-order valence-electron chi connectivity index (χ0n) is 6.76. The molecule has 0 saturated heterocycles. The first kappa shape index (κ1) is 10.7. The van der Waals surface area contributed by atoms with Gasteiger partial charge in [0.25, 0.3) is 0 Å². The van der Waals surface area contributed by atoms with Crippen molar-refractivity contribution in [2.75, 3.05) is 0 Å². The minimum atomic E-state index is -0.605. The van der Waals surface area contributed by atoms with E-state index in [4.69, 9.17) is 17.3 Å². The van der Waals surface area contributed by atoms with E-state index in [9.17, 15) is 4.79 Å². The summed E-state index contributed by atoms with van der Waals surface area (Å²) >= 11 is 9.20. The van der Waals surface area contributed by atoms with Gasteiger partial charge in [-0.25, -0.2) is 0 Å². The number of benzene rings is 1. The van der Waals surface area contributed by atoms with Crippen LogP contribution in [0.15, 0.2) is 22.7 Å². The summed E-state index contributed by atoms with van der Waals surface area (Å²) in [6.07, 6.45) is 2.13. The van der Waals surface area contributed by atoms with Crippen molar-refractivity contribution in [3.05, 3.63) is 33.3 Å². The highest BCUT2D eigenvalue weighted by atomic mass is 79.9. The van der Waals surface area contributed by atoms with E-state index in [0.29, 0.717) is 11.4 Å². The van der Waals surface area contributed by atoms with Crippen molar-refractivity contribution in [2.45, 2.75) is 12.5 Å². The van der Waals surface area contributed by atoms with Crippen molar-refractivity contribution in [1.29, 1.82) is 0 Å². The van der Waals surface area contributed by atoms with E-state index in [1.54, 1.807) is 12.4 Å². The molecule has 1 aromatic carbocycles. The maximum Gasteiger partial charge on any atom is 0.217 e. The number of hydrogen-bond acceptors (Lipinski definition) is 2. The molecule has 0 aromatic heterocycles. The van der Waals surface area contributed by atoms with Gasteiger partial charge < -0.3 is 5.73 Å². The quantitative estimate of drug-likeness (QED) is 0.905. The molecule has 2 N–H and O–H groups in total. The Morgan fingerprint density at radius 1 is 1.62 bits per heavy atom. The molecule has 0 fully saturated rings. The van der Waals surface area contributed by atoms with Crippen LogP contribution in [-0.4, -0.2) is 12.3 Å². The molecule has 0 unspecified atom stereocenters. The van der Waals surface area contributed by atoms with Gasteiger partial charge in [-0.2, -0.15) is 0 Å². The van der Waals surface area contributed by atoms with Gasteiger partial charge in [-0.15, -0.1) is 0 Å².